The number of aromatic amines is 1. The molecule has 180 valence electrons. The molecule has 1 aromatic rings. The van der Waals surface area contributed by atoms with Crippen LogP contribution in [0.15, 0.2) is 20.9 Å². The number of H-pyrrole nitrogens is 1. The van der Waals surface area contributed by atoms with Gasteiger partial charge in [-0.3, -0.25) is 23.4 Å². The highest BCUT2D eigenvalue weighted by Gasteiger charge is 2.43. The molecular weight excluding hydrogens is 503 g/mol. The van der Waals surface area contributed by atoms with E-state index in [1.807, 2.05) is 0 Å². The summed E-state index contributed by atoms with van der Waals surface area (Å²) in [4.78, 5) is 56.2. The second kappa shape index (κ2) is 10.1. The molecule has 18 nitrogen and oxygen atoms in total. The van der Waals surface area contributed by atoms with E-state index in [-0.39, 0.29) is 12.0 Å². The van der Waals surface area contributed by atoms with Crippen molar-refractivity contribution in [2.45, 2.75) is 31.7 Å². The Labute approximate surface area is 178 Å². The van der Waals surface area contributed by atoms with Crippen LogP contribution in [0.5, 0.6) is 0 Å². The summed E-state index contributed by atoms with van der Waals surface area (Å²) in [5.74, 6) is 0. The molecule has 0 spiro atoms. The first-order chi connectivity index (χ1) is 14.7. The molecule has 0 bridgehead atoms. The maximum absolute atomic E-state index is 12.0. The van der Waals surface area contributed by atoms with Crippen LogP contribution < -0.4 is 11.2 Å². The lowest BCUT2D eigenvalue weighted by atomic mass is 10.1. The van der Waals surface area contributed by atoms with Gasteiger partial charge >= 0.3 is 29.2 Å². The number of hydrogen-bond acceptors (Lipinski definition) is 11. The maximum atomic E-state index is 12.0. The Balaban J connectivity index is 2.13. The molecule has 3 unspecified atom stereocenters. The Morgan fingerprint density at radius 1 is 1.25 bits per heavy atom. The molecule has 0 aromatic carbocycles. The van der Waals surface area contributed by atoms with Gasteiger partial charge in [-0.1, -0.05) is 5.11 Å². The molecule has 1 aromatic heterocycles. The number of rotatable bonds is 10. The maximum Gasteiger partial charge on any atom is 0.490 e. The van der Waals surface area contributed by atoms with Gasteiger partial charge in [-0.2, -0.15) is 8.62 Å². The van der Waals surface area contributed by atoms with Crippen molar-refractivity contribution in [2.24, 2.45) is 5.11 Å². The van der Waals surface area contributed by atoms with Crippen molar-refractivity contribution < 1.29 is 50.8 Å². The zero-order chi connectivity index (χ0) is 24.3. The fourth-order valence-electron chi connectivity index (χ4n) is 2.52. The van der Waals surface area contributed by atoms with Crippen LogP contribution in [0.2, 0.25) is 0 Å². The summed E-state index contributed by atoms with van der Waals surface area (Å²) >= 11 is 0. The third kappa shape index (κ3) is 7.18. The Hall–Kier alpha value is -1.64. The number of hydrogen-bond donors (Lipinski definition) is 4. The molecule has 0 saturated carbocycles. The van der Waals surface area contributed by atoms with E-state index in [4.69, 9.17) is 15.2 Å². The van der Waals surface area contributed by atoms with Crippen LogP contribution >= 0.6 is 23.5 Å². The molecule has 1 aliphatic heterocycles. The minimum Gasteiger partial charge on any atom is -0.352 e. The number of azide groups is 1. The number of ether oxygens (including phenoxy) is 1. The number of aromatic nitrogens is 2. The van der Waals surface area contributed by atoms with E-state index in [2.05, 4.69) is 32.7 Å². The summed E-state index contributed by atoms with van der Waals surface area (Å²) in [6, 6.07) is -1.02. The largest absolute Gasteiger partial charge is 0.490 e. The summed E-state index contributed by atoms with van der Waals surface area (Å²) < 4.78 is 57.3. The lowest BCUT2D eigenvalue weighted by Crippen LogP contribution is -2.33. The second-order valence-corrected chi connectivity index (χ2v) is 10.9. The molecule has 6 atom stereocenters. The molecule has 0 aliphatic carbocycles. The van der Waals surface area contributed by atoms with Crippen molar-refractivity contribution in [1.29, 1.82) is 0 Å². The summed E-state index contributed by atoms with van der Waals surface area (Å²) in [6.45, 7) is 0.588. The van der Waals surface area contributed by atoms with E-state index in [9.17, 15) is 33.1 Å². The van der Waals surface area contributed by atoms with Gasteiger partial charge in [0, 0.05) is 30.2 Å². The fourth-order valence-corrected chi connectivity index (χ4v) is 5.79. The molecule has 1 saturated heterocycles. The molecule has 21 heteroatoms. The number of aryl methyl sites for hydroxylation is 1. The van der Waals surface area contributed by atoms with Gasteiger partial charge in [-0.15, -0.1) is 0 Å². The van der Waals surface area contributed by atoms with E-state index in [0.29, 0.717) is 7.11 Å². The molecule has 0 radical (unpaired) electrons. The second-order valence-electron chi connectivity index (χ2n) is 6.16. The van der Waals surface area contributed by atoms with Gasteiger partial charge in [0.1, 0.15) is 6.23 Å². The first kappa shape index (κ1) is 26.6. The standard InChI is InChI=1S/C11H18N5O13P3/c1-6-4-16(11(18)13-10(6)17)9-3-7(14-15-12)8(27-9)5-26-31(21,22)29-32(23,24)28-30(19,20)25-2/h4,7-9H,3,5H2,1-2H3,(H,19,20)(H,21,22)(H,23,24)(H,13,17,18)/t7-,8+,9+/m0/s1. The molecule has 1 aliphatic rings. The third-order valence-electron chi connectivity index (χ3n) is 3.91. The van der Waals surface area contributed by atoms with E-state index in [1.165, 1.54) is 13.1 Å². The van der Waals surface area contributed by atoms with Crippen LogP contribution in [0.3, 0.4) is 0 Å². The van der Waals surface area contributed by atoms with Crippen molar-refractivity contribution >= 4 is 23.5 Å². The highest BCUT2D eigenvalue weighted by Crippen LogP contribution is 2.67. The Kier molecular flexibility index (Phi) is 8.40. The smallest absolute Gasteiger partial charge is 0.352 e. The lowest BCUT2D eigenvalue weighted by Gasteiger charge is -2.20. The monoisotopic (exact) mass is 521 g/mol. The van der Waals surface area contributed by atoms with Crippen molar-refractivity contribution in [3.63, 3.8) is 0 Å². The van der Waals surface area contributed by atoms with E-state index < -0.39 is 59.7 Å². The van der Waals surface area contributed by atoms with Gasteiger partial charge in [0.15, 0.2) is 0 Å². The minimum atomic E-state index is -5.60. The average Bonchev–Trinajstić information content (AvgIpc) is 3.04. The highest BCUT2D eigenvalue weighted by molar-refractivity contribution is 7.66. The molecule has 32 heavy (non-hydrogen) atoms. The van der Waals surface area contributed by atoms with Crippen molar-refractivity contribution in [3.05, 3.63) is 43.0 Å². The van der Waals surface area contributed by atoms with E-state index in [0.717, 1.165) is 4.57 Å². The van der Waals surface area contributed by atoms with Crippen LogP contribution in [-0.4, -0.2) is 50.1 Å². The molecule has 1 fully saturated rings. The van der Waals surface area contributed by atoms with Crippen LogP contribution in [0.25, 0.3) is 10.4 Å². The number of phosphoric ester groups is 2. The molecular formula is C11H18N5O13P3. The average molecular weight is 521 g/mol. The number of phosphoric acid groups is 3. The van der Waals surface area contributed by atoms with E-state index in [1.54, 1.807) is 0 Å². The van der Waals surface area contributed by atoms with Gasteiger partial charge in [0.25, 0.3) is 5.56 Å². The van der Waals surface area contributed by atoms with Crippen molar-refractivity contribution in [3.8, 4) is 0 Å². The van der Waals surface area contributed by atoms with Gasteiger partial charge in [0.05, 0.1) is 18.8 Å². The normalized spacial score (nSPS) is 26.5. The summed E-state index contributed by atoms with van der Waals surface area (Å²) in [5, 5.41) is 3.45. The van der Waals surface area contributed by atoms with Gasteiger partial charge in [0.2, 0.25) is 0 Å². The molecule has 0 amide bonds. The van der Waals surface area contributed by atoms with E-state index >= 15 is 0 Å². The first-order valence-electron chi connectivity index (χ1n) is 8.31. The van der Waals surface area contributed by atoms with Crippen molar-refractivity contribution in [1.82, 2.24) is 9.55 Å². The summed E-state index contributed by atoms with van der Waals surface area (Å²) in [7, 11) is -15.4. The molecule has 2 heterocycles. The van der Waals surface area contributed by atoms with Crippen LogP contribution in [0, 0.1) is 6.92 Å². The quantitative estimate of drug-likeness (QED) is 0.144. The third-order valence-corrected chi connectivity index (χ3v) is 8.14. The van der Waals surface area contributed by atoms with Crippen LogP contribution in [0.1, 0.15) is 18.2 Å². The van der Waals surface area contributed by atoms with Gasteiger partial charge in [-0.05, 0) is 12.5 Å². The predicted molar refractivity (Wildman–Crippen MR) is 102 cm³/mol. The van der Waals surface area contributed by atoms with Gasteiger partial charge in [-0.25, -0.2) is 18.5 Å². The molecule has 4 N–H and O–H groups in total. The summed E-state index contributed by atoms with van der Waals surface area (Å²) in [6.07, 6.45) is -1.19. The Morgan fingerprint density at radius 2 is 1.88 bits per heavy atom. The Bertz CT molecular complexity index is 1160. The molecule has 2 rings (SSSR count). The topological polar surface area (TPSA) is 262 Å². The SMILES string of the molecule is COP(=O)(O)OP(=O)(O)OP(=O)(O)OC[C@H]1O[C@@H](n2cc(C)c(=O)[nH]c2=O)C[C@@H]1N=[N+]=[N-]. The first-order valence-corrected chi connectivity index (χ1v) is 12.8. The zero-order valence-corrected chi connectivity index (χ0v) is 19.0. The zero-order valence-electron chi connectivity index (χ0n) is 16.3. The summed E-state index contributed by atoms with van der Waals surface area (Å²) in [5.41, 5.74) is 7.45. The van der Waals surface area contributed by atoms with Crippen molar-refractivity contribution in [2.75, 3.05) is 13.7 Å². The minimum absolute atomic E-state index is 0.0940. The Morgan fingerprint density at radius 3 is 2.47 bits per heavy atom. The fraction of sp³-hybridized carbons (Fsp3) is 0.636. The predicted octanol–water partition coefficient (Wildman–Crippen LogP) is 0.809. The van der Waals surface area contributed by atoms with Gasteiger partial charge < -0.3 is 19.4 Å². The van der Waals surface area contributed by atoms with Crippen LogP contribution in [0.4, 0.5) is 0 Å². The van der Waals surface area contributed by atoms with Crippen LogP contribution in [-0.2, 0) is 36.1 Å². The highest BCUT2D eigenvalue weighted by atomic mass is 31.3. The number of nitrogens with zero attached hydrogens (tertiary/aromatic N) is 4. The lowest BCUT2D eigenvalue weighted by molar-refractivity contribution is -0.0267. The number of nitrogens with one attached hydrogen (secondary N) is 1.